The molecule has 2 bridgehead atoms. The maximum Gasteiger partial charge on any atom is 0.0768 e. The number of fused-ring (bicyclic) bond motifs is 2. The third-order valence-corrected chi connectivity index (χ3v) is 6.06. The van der Waals surface area contributed by atoms with Gasteiger partial charge < -0.3 is 5.11 Å². The summed E-state index contributed by atoms with van der Waals surface area (Å²) in [5.41, 5.74) is -0.182. The van der Waals surface area contributed by atoms with Crippen LogP contribution in [-0.4, -0.2) is 10.7 Å². The van der Waals surface area contributed by atoms with E-state index < -0.39 is 5.60 Å². The Labute approximate surface area is 93.6 Å². The van der Waals surface area contributed by atoms with Crippen LogP contribution in [0.2, 0.25) is 0 Å². The Morgan fingerprint density at radius 3 is 2.33 bits per heavy atom. The molecule has 0 aromatic heterocycles. The first-order chi connectivity index (χ1) is 6.79. The van der Waals surface area contributed by atoms with Gasteiger partial charge >= 0.3 is 0 Å². The van der Waals surface area contributed by atoms with Crippen LogP contribution in [0.5, 0.6) is 0 Å². The second-order valence-electron chi connectivity index (χ2n) is 6.44. The molecule has 4 atom stereocenters. The molecule has 0 aliphatic heterocycles. The molecule has 0 amide bonds. The zero-order valence-corrected chi connectivity index (χ0v) is 10.5. The Hall–Kier alpha value is -0.300. The zero-order chi connectivity index (χ0) is 11.5. The molecule has 2 fully saturated rings. The van der Waals surface area contributed by atoms with Crippen molar-refractivity contribution in [1.82, 2.24) is 0 Å². The van der Waals surface area contributed by atoms with Crippen LogP contribution in [0, 0.1) is 22.7 Å². The van der Waals surface area contributed by atoms with E-state index in [-0.39, 0.29) is 16.7 Å². The normalized spacial score (nSPS) is 49.3. The maximum absolute atomic E-state index is 11.0. The summed E-state index contributed by atoms with van der Waals surface area (Å²) in [5.74, 6) is 0.891. The number of hydrogen-bond donors (Lipinski definition) is 1. The van der Waals surface area contributed by atoms with Crippen molar-refractivity contribution in [2.75, 3.05) is 0 Å². The fourth-order valence-corrected chi connectivity index (χ4v) is 4.21. The molecule has 0 spiro atoms. The highest BCUT2D eigenvalue weighted by Crippen LogP contribution is 2.71. The predicted molar refractivity (Wildman–Crippen MR) is 63.5 cm³/mol. The lowest BCUT2D eigenvalue weighted by atomic mass is 9.61. The van der Waals surface area contributed by atoms with E-state index in [1.54, 1.807) is 0 Å². The molecule has 2 aliphatic rings. The Morgan fingerprint density at radius 1 is 1.40 bits per heavy atom. The Bertz CT molecular complexity index is 294. The summed E-state index contributed by atoms with van der Waals surface area (Å²) in [5, 5.41) is 11.0. The lowest BCUT2D eigenvalue weighted by Crippen LogP contribution is -2.51. The van der Waals surface area contributed by atoms with Crippen LogP contribution in [-0.2, 0) is 0 Å². The smallest absolute Gasteiger partial charge is 0.0768 e. The topological polar surface area (TPSA) is 20.2 Å². The van der Waals surface area contributed by atoms with Crippen molar-refractivity contribution in [2.45, 2.75) is 52.6 Å². The van der Waals surface area contributed by atoms with E-state index in [1.165, 1.54) is 12.8 Å². The summed E-state index contributed by atoms with van der Waals surface area (Å²) < 4.78 is 0. The minimum atomic E-state index is -0.527. The second kappa shape index (κ2) is 2.88. The van der Waals surface area contributed by atoms with Crippen LogP contribution in [0.4, 0.5) is 0 Å². The van der Waals surface area contributed by atoms with Gasteiger partial charge in [-0.25, -0.2) is 0 Å². The first-order valence-electron chi connectivity index (χ1n) is 6.14. The third kappa shape index (κ3) is 1.03. The summed E-state index contributed by atoms with van der Waals surface area (Å²) in [6.45, 7) is 12.9. The van der Waals surface area contributed by atoms with E-state index in [0.717, 1.165) is 6.42 Å². The molecule has 0 saturated heterocycles. The highest BCUT2D eigenvalue weighted by molar-refractivity contribution is 5.20. The van der Waals surface area contributed by atoms with E-state index in [1.807, 2.05) is 6.08 Å². The largest absolute Gasteiger partial charge is 0.389 e. The lowest BCUT2D eigenvalue weighted by Gasteiger charge is -2.48. The summed E-state index contributed by atoms with van der Waals surface area (Å²) in [4.78, 5) is 0. The van der Waals surface area contributed by atoms with Crippen LogP contribution >= 0.6 is 0 Å². The first kappa shape index (κ1) is 11.2. The summed E-state index contributed by atoms with van der Waals surface area (Å²) in [6.07, 6.45) is 5.33. The Balaban J connectivity index is 2.45. The molecule has 2 rings (SSSR count). The van der Waals surface area contributed by atoms with Gasteiger partial charge in [0.25, 0.3) is 0 Å². The first-order valence-corrected chi connectivity index (χ1v) is 6.14. The highest BCUT2D eigenvalue weighted by atomic mass is 16.3. The van der Waals surface area contributed by atoms with Gasteiger partial charge in [-0.2, -0.15) is 0 Å². The van der Waals surface area contributed by atoms with Crippen LogP contribution in [0.25, 0.3) is 0 Å². The lowest BCUT2D eigenvalue weighted by molar-refractivity contribution is -0.113. The van der Waals surface area contributed by atoms with Crippen LogP contribution in [0.3, 0.4) is 0 Å². The number of aliphatic hydroxyl groups is 1. The fraction of sp³-hybridized carbons (Fsp3) is 0.857. The average molecular weight is 208 g/mol. The minimum absolute atomic E-state index is 0.0677. The van der Waals surface area contributed by atoms with Gasteiger partial charge in [-0.05, 0) is 30.6 Å². The number of rotatable bonds is 2. The fourth-order valence-electron chi connectivity index (χ4n) is 4.21. The van der Waals surface area contributed by atoms with Crippen molar-refractivity contribution in [3.8, 4) is 0 Å². The zero-order valence-electron chi connectivity index (χ0n) is 10.5. The Morgan fingerprint density at radius 2 is 2.00 bits per heavy atom. The summed E-state index contributed by atoms with van der Waals surface area (Å²) in [6, 6.07) is 0. The standard InChI is InChI=1S/C14H24O/c1-6-10(2)14(15)9-11-7-8-13(14,5)12(11,3)4/h6,10-11,15H,1,7-9H2,2-5H3/t10-,11?,13?,14?/m1/s1. The van der Waals surface area contributed by atoms with Crippen LogP contribution < -0.4 is 0 Å². The van der Waals surface area contributed by atoms with Gasteiger partial charge in [0.1, 0.15) is 0 Å². The van der Waals surface area contributed by atoms with E-state index >= 15 is 0 Å². The molecule has 2 saturated carbocycles. The van der Waals surface area contributed by atoms with Crippen molar-refractivity contribution < 1.29 is 5.11 Å². The van der Waals surface area contributed by atoms with Crippen molar-refractivity contribution in [3.05, 3.63) is 12.7 Å². The molecule has 3 unspecified atom stereocenters. The summed E-state index contributed by atoms with van der Waals surface area (Å²) in [7, 11) is 0. The monoisotopic (exact) mass is 208 g/mol. The van der Waals surface area contributed by atoms with Gasteiger partial charge in [0, 0.05) is 11.3 Å². The van der Waals surface area contributed by atoms with E-state index in [9.17, 15) is 5.11 Å². The molecular weight excluding hydrogens is 184 g/mol. The van der Waals surface area contributed by atoms with Crippen LogP contribution in [0.15, 0.2) is 12.7 Å². The Kier molecular flexibility index (Phi) is 2.15. The van der Waals surface area contributed by atoms with Crippen molar-refractivity contribution in [1.29, 1.82) is 0 Å². The number of hydrogen-bond acceptors (Lipinski definition) is 1. The van der Waals surface area contributed by atoms with E-state index in [0.29, 0.717) is 5.92 Å². The maximum atomic E-state index is 11.0. The van der Waals surface area contributed by atoms with Gasteiger partial charge in [-0.3, -0.25) is 0 Å². The summed E-state index contributed by atoms with van der Waals surface area (Å²) >= 11 is 0. The van der Waals surface area contributed by atoms with Gasteiger partial charge in [-0.1, -0.05) is 33.8 Å². The van der Waals surface area contributed by atoms with Crippen molar-refractivity contribution in [3.63, 3.8) is 0 Å². The predicted octanol–water partition coefficient (Wildman–Crippen LogP) is 3.39. The third-order valence-electron chi connectivity index (χ3n) is 6.06. The molecular formula is C14H24O. The molecule has 1 heteroatoms. The SMILES string of the molecule is C=C[C@@H](C)C1(O)CC2CCC1(C)C2(C)C. The van der Waals surface area contributed by atoms with Crippen LogP contribution in [0.1, 0.15) is 47.0 Å². The van der Waals surface area contributed by atoms with Gasteiger partial charge in [0.2, 0.25) is 0 Å². The molecule has 0 radical (unpaired) electrons. The molecule has 0 heterocycles. The van der Waals surface area contributed by atoms with E-state index in [2.05, 4.69) is 34.3 Å². The quantitative estimate of drug-likeness (QED) is 0.690. The van der Waals surface area contributed by atoms with Crippen molar-refractivity contribution in [2.24, 2.45) is 22.7 Å². The minimum Gasteiger partial charge on any atom is -0.389 e. The highest BCUT2D eigenvalue weighted by Gasteiger charge is 2.69. The molecule has 0 aromatic rings. The second-order valence-corrected chi connectivity index (χ2v) is 6.44. The molecule has 15 heavy (non-hydrogen) atoms. The van der Waals surface area contributed by atoms with Gasteiger partial charge in [0.05, 0.1) is 5.60 Å². The molecule has 1 N–H and O–H groups in total. The van der Waals surface area contributed by atoms with Gasteiger partial charge in [0.15, 0.2) is 0 Å². The molecule has 86 valence electrons. The molecule has 1 nitrogen and oxygen atoms in total. The average Bonchev–Trinajstić information content (AvgIpc) is 2.48. The van der Waals surface area contributed by atoms with Gasteiger partial charge in [-0.15, -0.1) is 6.58 Å². The van der Waals surface area contributed by atoms with E-state index in [4.69, 9.17) is 0 Å². The van der Waals surface area contributed by atoms with Crippen molar-refractivity contribution >= 4 is 0 Å². The molecule has 0 aromatic carbocycles. The molecule has 2 aliphatic carbocycles.